The van der Waals surface area contributed by atoms with Gasteiger partial charge in [0.2, 0.25) is 0 Å². The summed E-state index contributed by atoms with van der Waals surface area (Å²) in [6, 6.07) is 8.63. The van der Waals surface area contributed by atoms with Gasteiger partial charge in [0, 0.05) is 7.11 Å². The molecule has 1 aromatic rings. The maximum absolute atomic E-state index is 6.01. The second kappa shape index (κ2) is 7.09. The first-order chi connectivity index (χ1) is 9.75. The van der Waals surface area contributed by atoms with Crippen LogP contribution in [0.2, 0.25) is 0 Å². The Bertz CT molecular complexity index is 396. The molecule has 0 amide bonds. The van der Waals surface area contributed by atoms with Crippen molar-refractivity contribution in [1.29, 1.82) is 0 Å². The SMILES string of the molecule is CCNC(c1ccc(OC)cc1)C1(OC)CCCCC1. The monoisotopic (exact) mass is 277 g/mol. The van der Waals surface area contributed by atoms with Gasteiger partial charge < -0.3 is 14.8 Å². The highest BCUT2D eigenvalue weighted by molar-refractivity contribution is 5.31. The molecule has 1 N–H and O–H groups in total. The zero-order chi connectivity index (χ0) is 14.4. The number of nitrogens with one attached hydrogen (secondary N) is 1. The van der Waals surface area contributed by atoms with Crippen molar-refractivity contribution in [3.63, 3.8) is 0 Å². The minimum atomic E-state index is -0.0666. The lowest BCUT2D eigenvalue weighted by Gasteiger charge is -2.43. The van der Waals surface area contributed by atoms with Gasteiger partial charge in [-0.25, -0.2) is 0 Å². The van der Waals surface area contributed by atoms with Gasteiger partial charge in [-0.05, 0) is 37.1 Å². The van der Waals surface area contributed by atoms with E-state index in [-0.39, 0.29) is 11.6 Å². The van der Waals surface area contributed by atoms with Crippen LogP contribution in [0.3, 0.4) is 0 Å². The third-order valence-corrected chi connectivity index (χ3v) is 4.49. The van der Waals surface area contributed by atoms with E-state index in [1.165, 1.54) is 24.8 Å². The maximum atomic E-state index is 6.01. The Morgan fingerprint density at radius 2 is 1.75 bits per heavy atom. The number of ether oxygens (including phenoxy) is 2. The summed E-state index contributed by atoms with van der Waals surface area (Å²) < 4.78 is 11.3. The molecule has 20 heavy (non-hydrogen) atoms. The van der Waals surface area contributed by atoms with E-state index in [1.54, 1.807) is 7.11 Å². The van der Waals surface area contributed by atoms with E-state index in [0.717, 1.165) is 25.1 Å². The fourth-order valence-corrected chi connectivity index (χ4v) is 3.37. The van der Waals surface area contributed by atoms with E-state index in [2.05, 4.69) is 24.4 Å². The van der Waals surface area contributed by atoms with Crippen molar-refractivity contribution in [2.24, 2.45) is 0 Å². The quantitative estimate of drug-likeness (QED) is 0.860. The molecule has 3 heteroatoms. The van der Waals surface area contributed by atoms with Gasteiger partial charge in [0.05, 0.1) is 18.8 Å². The molecule has 1 fully saturated rings. The standard InChI is InChI=1S/C17H27NO2/c1-4-18-16(14-8-10-15(19-2)11-9-14)17(20-3)12-6-5-7-13-17/h8-11,16,18H,4-7,12-13H2,1-3H3. The van der Waals surface area contributed by atoms with E-state index in [0.29, 0.717) is 0 Å². The number of hydrogen-bond donors (Lipinski definition) is 1. The van der Waals surface area contributed by atoms with Crippen LogP contribution in [0.4, 0.5) is 0 Å². The van der Waals surface area contributed by atoms with Crippen LogP contribution in [0.15, 0.2) is 24.3 Å². The zero-order valence-electron chi connectivity index (χ0n) is 12.9. The Morgan fingerprint density at radius 3 is 2.25 bits per heavy atom. The fraction of sp³-hybridized carbons (Fsp3) is 0.647. The topological polar surface area (TPSA) is 30.5 Å². The lowest BCUT2D eigenvalue weighted by atomic mass is 9.76. The third kappa shape index (κ3) is 3.15. The predicted molar refractivity (Wildman–Crippen MR) is 82.2 cm³/mol. The van der Waals surface area contributed by atoms with Crippen molar-refractivity contribution < 1.29 is 9.47 Å². The fourth-order valence-electron chi connectivity index (χ4n) is 3.37. The molecule has 0 radical (unpaired) electrons. The van der Waals surface area contributed by atoms with Crippen molar-refractivity contribution in [1.82, 2.24) is 5.32 Å². The van der Waals surface area contributed by atoms with E-state index < -0.39 is 0 Å². The van der Waals surface area contributed by atoms with Gasteiger partial charge in [-0.3, -0.25) is 0 Å². The molecule has 1 aliphatic rings. The maximum Gasteiger partial charge on any atom is 0.118 e. The number of benzene rings is 1. The van der Waals surface area contributed by atoms with Gasteiger partial charge in [0.25, 0.3) is 0 Å². The van der Waals surface area contributed by atoms with Gasteiger partial charge in [0.15, 0.2) is 0 Å². The second-order valence-electron chi connectivity index (χ2n) is 5.59. The van der Waals surface area contributed by atoms with Crippen molar-refractivity contribution in [3.05, 3.63) is 29.8 Å². The molecule has 112 valence electrons. The van der Waals surface area contributed by atoms with Crippen LogP contribution in [-0.4, -0.2) is 26.4 Å². The summed E-state index contributed by atoms with van der Waals surface area (Å²) in [4.78, 5) is 0. The second-order valence-corrected chi connectivity index (χ2v) is 5.59. The Balaban J connectivity index is 2.27. The average molecular weight is 277 g/mol. The molecule has 0 bridgehead atoms. The van der Waals surface area contributed by atoms with Crippen molar-refractivity contribution >= 4 is 0 Å². The van der Waals surface area contributed by atoms with E-state index in [9.17, 15) is 0 Å². The molecule has 1 unspecified atom stereocenters. The van der Waals surface area contributed by atoms with E-state index in [4.69, 9.17) is 9.47 Å². The Labute approximate surface area is 122 Å². The number of rotatable bonds is 6. The minimum absolute atomic E-state index is 0.0666. The number of hydrogen-bond acceptors (Lipinski definition) is 3. The molecule has 0 spiro atoms. The van der Waals surface area contributed by atoms with Crippen LogP contribution in [0.1, 0.15) is 50.6 Å². The Morgan fingerprint density at radius 1 is 1.10 bits per heavy atom. The first-order valence-corrected chi connectivity index (χ1v) is 7.68. The van der Waals surface area contributed by atoms with Crippen LogP contribution in [0.5, 0.6) is 5.75 Å². The molecule has 1 saturated carbocycles. The van der Waals surface area contributed by atoms with Crippen LogP contribution in [-0.2, 0) is 4.74 Å². The summed E-state index contributed by atoms with van der Waals surface area (Å²) in [6.45, 7) is 3.10. The van der Waals surface area contributed by atoms with Crippen LogP contribution >= 0.6 is 0 Å². The molecule has 2 rings (SSSR count). The number of methoxy groups -OCH3 is 2. The molecular weight excluding hydrogens is 250 g/mol. The van der Waals surface area contributed by atoms with Gasteiger partial charge >= 0.3 is 0 Å². The van der Waals surface area contributed by atoms with Crippen molar-refractivity contribution in [2.75, 3.05) is 20.8 Å². The molecule has 3 nitrogen and oxygen atoms in total. The van der Waals surface area contributed by atoms with Gasteiger partial charge in [-0.15, -0.1) is 0 Å². The summed E-state index contributed by atoms with van der Waals surface area (Å²) >= 11 is 0. The summed E-state index contributed by atoms with van der Waals surface area (Å²) in [5.41, 5.74) is 1.22. The summed E-state index contributed by atoms with van der Waals surface area (Å²) in [7, 11) is 3.56. The molecule has 0 saturated heterocycles. The van der Waals surface area contributed by atoms with E-state index >= 15 is 0 Å². The summed E-state index contributed by atoms with van der Waals surface area (Å²) in [5, 5.41) is 3.63. The minimum Gasteiger partial charge on any atom is -0.497 e. The zero-order valence-corrected chi connectivity index (χ0v) is 12.9. The summed E-state index contributed by atoms with van der Waals surface area (Å²) in [5.74, 6) is 0.902. The largest absolute Gasteiger partial charge is 0.497 e. The lowest BCUT2D eigenvalue weighted by molar-refractivity contribution is -0.0684. The molecule has 1 atom stereocenters. The van der Waals surface area contributed by atoms with Crippen LogP contribution in [0, 0.1) is 0 Å². The Kier molecular flexibility index (Phi) is 5.44. The Hall–Kier alpha value is -1.06. The first-order valence-electron chi connectivity index (χ1n) is 7.68. The van der Waals surface area contributed by atoms with Crippen LogP contribution < -0.4 is 10.1 Å². The van der Waals surface area contributed by atoms with E-state index in [1.807, 2.05) is 19.2 Å². The summed E-state index contributed by atoms with van der Waals surface area (Å²) in [6.07, 6.45) is 6.10. The van der Waals surface area contributed by atoms with Crippen molar-refractivity contribution in [3.8, 4) is 5.75 Å². The molecule has 0 aromatic heterocycles. The normalized spacial score (nSPS) is 19.6. The average Bonchev–Trinajstić information content (AvgIpc) is 2.53. The highest BCUT2D eigenvalue weighted by Gasteiger charge is 2.40. The predicted octanol–water partition coefficient (Wildman–Crippen LogP) is 3.70. The first kappa shape index (κ1) is 15.3. The molecule has 1 aliphatic carbocycles. The molecule has 0 heterocycles. The lowest BCUT2D eigenvalue weighted by Crippen LogP contribution is -2.47. The number of likely N-dealkylation sites (N-methyl/N-ethyl adjacent to an activating group) is 1. The third-order valence-electron chi connectivity index (χ3n) is 4.49. The van der Waals surface area contributed by atoms with Gasteiger partial charge in [0.1, 0.15) is 5.75 Å². The molecule has 1 aromatic carbocycles. The molecule has 0 aliphatic heterocycles. The highest BCUT2D eigenvalue weighted by atomic mass is 16.5. The van der Waals surface area contributed by atoms with Gasteiger partial charge in [-0.1, -0.05) is 38.3 Å². The van der Waals surface area contributed by atoms with Gasteiger partial charge in [-0.2, -0.15) is 0 Å². The van der Waals surface area contributed by atoms with Crippen molar-refractivity contribution in [2.45, 2.75) is 50.7 Å². The molecular formula is C17H27NO2. The highest BCUT2D eigenvalue weighted by Crippen LogP contribution is 2.41. The smallest absolute Gasteiger partial charge is 0.118 e. The van der Waals surface area contributed by atoms with Crippen LogP contribution in [0.25, 0.3) is 0 Å².